The van der Waals surface area contributed by atoms with Crippen molar-refractivity contribution in [2.24, 2.45) is 0 Å². The maximum atomic E-state index is 9.04. The molecule has 0 bridgehead atoms. The summed E-state index contributed by atoms with van der Waals surface area (Å²) in [5, 5.41) is 9.04. The molecule has 0 saturated heterocycles. The average molecular weight is 151 g/mol. The van der Waals surface area contributed by atoms with Crippen LogP contribution in [0.15, 0.2) is 18.2 Å². The van der Waals surface area contributed by atoms with E-state index in [1.807, 2.05) is 6.07 Å². The highest BCUT2D eigenvalue weighted by atomic mass is 16.3. The van der Waals surface area contributed by atoms with Crippen LogP contribution >= 0.6 is 0 Å². The maximum absolute atomic E-state index is 9.04. The first-order valence-corrected chi connectivity index (χ1v) is 3.69. The topological polar surface area (TPSA) is 46.2 Å². The Morgan fingerprint density at radius 1 is 1.36 bits per heavy atom. The largest absolute Gasteiger partial charge is 0.508 e. The molecule has 0 heterocycles. The fourth-order valence-electron chi connectivity index (χ4n) is 1.09. The van der Waals surface area contributed by atoms with Gasteiger partial charge in [-0.3, -0.25) is 0 Å². The molecule has 1 rings (SSSR count). The van der Waals surface area contributed by atoms with Gasteiger partial charge in [-0.2, -0.15) is 0 Å². The minimum Gasteiger partial charge on any atom is -0.508 e. The van der Waals surface area contributed by atoms with Gasteiger partial charge in [-0.1, -0.05) is 19.9 Å². The van der Waals surface area contributed by atoms with Crippen LogP contribution in [0.1, 0.15) is 25.3 Å². The Bertz CT molecular complexity index is 256. The van der Waals surface area contributed by atoms with Gasteiger partial charge in [0.25, 0.3) is 0 Å². The van der Waals surface area contributed by atoms with E-state index in [1.54, 1.807) is 12.1 Å². The van der Waals surface area contributed by atoms with Crippen LogP contribution in [0.4, 0.5) is 5.69 Å². The Morgan fingerprint density at radius 3 is 2.45 bits per heavy atom. The van der Waals surface area contributed by atoms with Gasteiger partial charge in [-0.15, -0.1) is 0 Å². The van der Waals surface area contributed by atoms with Crippen molar-refractivity contribution in [1.29, 1.82) is 0 Å². The molecule has 2 heteroatoms. The lowest BCUT2D eigenvalue weighted by Crippen LogP contribution is -1.95. The van der Waals surface area contributed by atoms with Crippen molar-refractivity contribution in [3.05, 3.63) is 23.8 Å². The van der Waals surface area contributed by atoms with Gasteiger partial charge in [0, 0.05) is 11.8 Å². The molecule has 0 aliphatic heterocycles. The first kappa shape index (κ1) is 7.92. The third kappa shape index (κ3) is 1.64. The van der Waals surface area contributed by atoms with E-state index in [0.717, 1.165) is 5.56 Å². The Kier molecular flexibility index (Phi) is 2.03. The number of phenolic OH excluding ortho intramolecular Hbond substituents is 1. The lowest BCUT2D eigenvalue weighted by Gasteiger charge is -2.08. The molecule has 0 saturated carbocycles. The fraction of sp³-hybridized carbons (Fsp3) is 0.333. The minimum absolute atomic E-state index is 0.229. The van der Waals surface area contributed by atoms with Gasteiger partial charge in [-0.05, 0) is 17.5 Å². The Labute approximate surface area is 66.7 Å². The van der Waals surface area contributed by atoms with Crippen LogP contribution in [0.3, 0.4) is 0 Å². The van der Waals surface area contributed by atoms with Gasteiger partial charge in [0.15, 0.2) is 0 Å². The van der Waals surface area contributed by atoms with Crippen LogP contribution in [0, 0.1) is 0 Å². The number of rotatable bonds is 1. The van der Waals surface area contributed by atoms with Gasteiger partial charge in [0.1, 0.15) is 5.75 Å². The van der Waals surface area contributed by atoms with Crippen LogP contribution in [0.5, 0.6) is 5.75 Å². The van der Waals surface area contributed by atoms with Crippen molar-refractivity contribution < 1.29 is 5.11 Å². The number of hydrogen-bond donors (Lipinski definition) is 2. The summed E-state index contributed by atoms with van der Waals surface area (Å²) >= 11 is 0. The summed E-state index contributed by atoms with van der Waals surface area (Å²) in [6.45, 7) is 4.14. The van der Waals surface area contributed by atoms with Crippen molar-refractivity contribution in [2.45, 2.75) is 19.8 Å². The Hall–Kier alpha value is -1.18. The predicted octanol–water partition coefficient (Wildman–Crippen LogP) is 2.10. The van der Waals surface area contributed by atoms with Crippen molar-refractivity contribution in [2.75, 3.05) is 5.73 Å². The van der Waals surface area contributed by atoms with Crippen LogP contribution in [0.2, 0.25) is 0 Å². The van der Waals surface area contributed by atoms with Crippen LogP contribution in [-0.2, 0) is 0 Å². The normalized spacial score (nSPS) is 10.5. The zero-order valence-electron chi connectivity index (χ0n) is 6.83. The summed E-state index contributed by atoms with van der Waals surface area (Å²) in [4.78, 5) is 0. The summed E-state index contributed by atoms with van der Waals surface area (Å²) in [7, 11) is 0. The highest BCUT2D eigenvalue weighted by Gasteiger charge is 2.03. The molecule has 1 aromatic rings. The van der Waals surface area contributed by atoms with E-state index in [1.165, 1.54) is 0 Å². The number of aromatic hydroxyl groups is 1. The summed E-state index contributed by atoms with van der Waals surface area (Å²) in [6, 6.07) is 5.09. The zero-order valence-corrected chi connectivity index (χ0v) is 6.83. The van der Waals surface area contributed by atoms with Gasteiger partial charge in [-0.25, -0.2) is 0 Å². The molecular weight excluding hydrogens is 138 g/mol. The number of hydrogen-bond acceptors (Lipinski definition) is 2. The standard InChI is InChI=1S/C9H13NO/c1-6(2)8-4-3-7(11)5-9(8)10/h3-6,11H,10H2,1-2H3. The van der Waals surface area contributed by atoms with Crippen molar-refractivity contribution in [1.82, 2.24) is 0 Å². The van der Waals surface area contributed by atoms with Gasteiger partial charge < -0.3 is 10.8 Å². The van der Waals surface area contributed by atoms with E-state index in [-0.39, 0.29) is 5.75 Å². The van der Waals surface area contributed by atoms with Gasteiger partial charge >= 0.3 is 0 Å². The molecule has 0 atom stereocenters. The van der Waals surface area contributed by atoms with E-state index in [2.05, 4.69) is 13.8 Å². The molecule has 1 aromatic carbocycles. The van der Waals surface area contributed by atoms with E-state index >= 15 is 0 Å². The van der Waals surface area contributed by atoms with Crippen molar-refractivity contribution in [3.63, 3.8) is 0 Å². The molecular formula is C9H13NO. The molecule has 0 amide bonds. The summed E-state index contributed by atoms with van der Waals surface area (Å²) < 4.78 is 0. The van der Waals surface area contributed by atoms with E-state index in [4.69, 9.17) is 10.8 Å². The van der Waals surface area contributed by atoms with Crippen LogP contribution < -0.4 is 5.73 Å². The van der Waals surface area contributed by atoms with E-state index in [0.29, 0.717) is 11.6 Å². The molecule has 3 N–H and O–H groups in total. The minimum atomic E-state index is 0.229. The highest BCUT2D eigenvalue weighted by molar-refractivity contribution is 5.52. The molecule has 0 radical (unpaired) electrons. The molecule has 0 aliphatic carbocycles. The molecule has 0 aliphatic rings. The third-order valence-electron chi connectivity index (χ3n) is 1.69. The van der Waals surface area contributed by atoms with Crippen LogP contribution in [0.25, 0.3) is 0 Å². The summed E-state index contributed by atoms with van der Waals surface area (Å²) in [5.41, 5.74) is 7.41. The van der Waals surface area contributed by atoms with E-state index in [9.17, 15) is 0 Å². The fourth-order valence-corrected chi connectivity index (χ4v) is 1.09. The number of phenols is 1. The molecule has 0 aromatic heterocycles. The lowest BCUT2D eigenvalue weighted by atomic mass is 10.0. The molecule has 0 spiro atoms. The van der Waals surface area contributed by atoms with Gasteiger partial charge in [0.2, 0.25) is 0 Å². The number of anilines is 1. The molecule has 0 unspecified atom stereocenters. The Morgan fingerprint density at radius 2 is 2.00 bits per heavy atom. The number of benzene rings is 1. The Balaban J connectivity index is 3.09. The third-order valence-corrected chi connectivity index (χ3v) is 1.69. The molecule has 11 heavy (non-hydrogen) atoms. The average Bonchev–Trinajstić information content (AvgIpc) is 1.85. The number of nitrogens with two attached hydrogens (primary N) is 1. The second kappa shape index (κ2) is 2.82. The van der Waals surface area contributed by atoms with Gasteiger partial charge in [0.05, 0.1) is 0 Å². The maximum Gasteiger partial charge on any atom is 0.117 e. The lowest BCUT2D eigenvalue weighted by molar-refractivity contribution is 0.475. The SMILES string of the molecule is CC(C)c1ccc(O)cc1N. The molecule has 0 fully saturated rings. The predicted molar refractivity (Wildman–Crippen MR) is 46.6 cm³/mol. The molecule has 2 nitrogen and oxygen atoms in total. The summed E-state index contributed by atoms with van der Waals surface area (Å²) in [5.74, 6) is 0.641. The smallest absolute Gasteiger partial charge is 0.117 e. The van der Waals surface area contributed by atoms with Crippen molar-refractivity contribution >= 4 is 5.69 Å². The van der Waals surface area contributed by atoms with Crippen LogP contribution in [-0.4, -0.2) is 5.11 Å². The monoisotopic (exact) mass is 151 g/mol. The second-order valence-corrected chi connectivity index (χ2v) is 2.97. The first-order chi connectivity index (χ1) is 5.11. The van der Waals surface area contributed by atoms with Crippen molar-refractivity contribution in [3.8, 4) is 5.75 Å². The zero-order chi connectivity index (χ0) is 8.43. The second-order valence-electron chi connectivity index (χ2n) is 2.97. The number of nitrogen functional groups attached to an aromatic ring is 1. The first-order valence-electron chi connectivity index (χ1n) is 3.69. The highest BCUT2D eigenvalue weighted by Crippen LogP contribution is 2.24. The molecule has 60 valence electrons. The van der Waals surface area contributed by atoms with E-state index < -0.39 is 0 Å². The quantitative estimate of drug-likeness (QED) is 0.604. The summed E-state index contributed by atoms with van der Waals surface area (Å²) in [6.07, 6.45) is 0.